The molecule has 1 aliphatic heterocycles. The third-order valence-corrected chi connectivity index (χ3v) is 4.98. The van der Waals surface area contributed by atoms with Crippen LogP contribution in [0.25, 0.3) is 16.7 Å². The Labute approximate surface area is 191 Å². The molecule has 3 heterocycles. The highest BCUT2D eigenvalue weighted by molar-refractivity contribution is 5.90. The number of nitrogens with zero attached hydrogens (tertiary/aromatic N) is 4. The summed E-state index contributed by atoms with van der Waals surface area (Å²) in [4.78, 5) is 44.7. The molecule has 174 valence electrons. The Balaban J connectivity index is 1.77. The largest absolute Gasteiger partial charge is 0.443 e. The molecule has 9 heteroatoms. The lowest BCUT2D eigenvalue weighted by molar-refractivity contribution is 0.0535. The summed E-state index contributed by atoms with van der Waals surface area (Å²) >= 11 is 0. The number of pyridine rings is 1. The molecule has 9 nitrogen and oxygen atoms in total. The quantitative estimate of drug-likeness (QED) is 0.547. The third kappa shape index (κ3) is 4.35. The molecule has 4 rings (SSSR count). The average Bonchev–Trinajstić information content (AvgIpc) is 3.22. The number of para-hydroxylation sites is 2. The number of amides is 1. The van der Waals surface area contributed by atoms with E-state index in [1.54, 1.807) is 45.0 Å². The molecule has 1 amide bonds. The van der Waals surface area contributed by atoms with Crippen molar-refractivity contribution in [3.63, 3.8) is 0 Å². The lowest BCUT2D eigenvalue weighted by Crippen LogP contribution is -2.36. The molecular formula is C24H28N4O5. The average molecular weight is 453 g/mol. The highest BCUT2D eigenvalue weighted by Crippen LogP contribution is 2.29. The summed E-state index contributed by atoms with van der Waals surface area (Å²) in [5.41, 5.74) is 0.401. The van der Waals surface area contributed by atoms with Crippen molar-refractivity contribution in [2.45, 2.75) is 59.2 Å². The van der Waals surface area contributed by atoms with Crippen molar-refractivity contribution in [1.29, 1.82) is 0 Å². The van der Waals surface area contributed by atoms with Crippen LogP contribution in [0.3, 0.4) is 0 Å². The summed E-state index contributed by atoms with van der Waals surface area (Å²) in [7, 11) is 0. The van der Waals surface area contributed by atoms with Crippen LogP contribution < -0.4 is 10.6 Å². The molecule has 2 aromatic heterocycles. The Bertz CT molecular complexity index is 1310. The minimum atomic E-state index is -0.750. The number of benzene rings is 1. The minimum absolute atomic E-state index is 0.438. The van der Waals surface area contributed by atoms with E-state index in [4.69, 9.17) is 9.47 Å². The molecule has 1 aromatic carbocycles. The predicted octanol–water partition coefficient (Wildman–Crippen LogP) is 4.27. The maximum Gasteiger partial charge on any atom is 0.423 e. The number of imidazole rings is 1. The normalized spacial score (nSPS) is 13.8. The van der Waals surface area contributed by atoms with Gasteiger partial charge in [0.05, 0.1) is 22.9 Å². The molecule has 0 saturated carbocycles. The maximum atomic E-state index is 13.4. The highest BCUT2D eigenvalue weighted by Gasteiger charge is 2.31. The molecule has 0 radical (unpaired) electrons. The Morgan fingerprint density at radius 2 is 1.55 bits per heavy atom. The number of hydrogen-bond acceptors (Lipinski definition) is 6. The van der Waals surface area contributed by atoms with Gasteiger partial charge in [-0.15, -0.1) is 0 Å². The summed E-state index contributed by atoms with van der Waals surface area (Å²) in [6.07, 6.45) is 0.900. The maximum absolute atomic E-state index is 13.4. The number of hydrogen-bond donors (Lipinski definition) is 0. The van der Waals surface area contributed by atoms with Gasteiger partial charge in [-0.1, -0.05) is 12.1 Å². The molecule has 33 heavy (non-hydrogen) atoms. The SMILES string of the molecule is CC(C)(C)OC(=O)N1CCc2cc(-n3c(=O)n(C(=O)OC(C)(C)C)c4ccccc43)cnc21. The first-order chi connectivity index (χ1) is 15.4. The monoisotopic (exact) mass is 452 g/mol. The lowest BCUT2D eigenvalue weighted by Gasteiger charge is -2.24. The second-order valence-electron chi connectivity index (χ2n) is 9.98. The Kier molecular flexibility index (Phi) is 5.30. The van der Waals surface area contributed by atoms with E-state index in [0.717, 1.165) is 10.1 Å². The number of fused-ring (bicyclic) bond motifs is 2. The van der Waals surface area contributed by atoms with Crippen LogP contribution in [0.1, 0.15) is 47.1 Å². The van der Waals surface area contributed by atoms with Crippen LogP contribution in [-0.4, -0.2) is 44.1 Å². The molecule has 0 spiro atoms. The van der Waals surface area contributed by atoms with E-state index in [0.29, 0.717) is 35.5 Å². The number of carbonyl (C=O) groups excluding carboxylic acids is 2. The van der Waals surface area contributed by atoms with Crippen molar-refractivity contribution in [3.8, 4) is 5.69 Å². The molecule has 0 saturated heterocycles. The van der Waals surface area contributed by atoms with Gasteiger partial charge in [0.1, 0.15) is 17.0 Å². The molecule has 1 aliphatic rings. The Morgan fingerprint density at radius 1 is 0.939 bits per heavy atom. The second-order valence-corrected chi connectivity index (χ2v) is 9.98. The molecule has 0 atom stereocenters. The molecule has 0 fully saturated rings. The summed E-state index contributed by atoms with van der Waals surface area (Å²) in [5, 5.41) is 0. The van der Waals surface area contributed by atoms with E-state index in [2.05, 4.69) is 4.98 Å². The van der Waals surface area contributed by atoms with E-state index < -0.39 is 29.1 Å². The van der Waals surface area contributed by atoms with Crippen molar-refractivity contribution in [1.82, 2.24) is 14.1 Å². The van der Waals surface area contributed by atoms with Crippen LogP contribution >= 0.6 is 0 Å². The van der Waals surface area contributed by atoms with Crippen molar-refractivity contribution < 1.29 is 19.1 Å². The van der Waals surface area contributed by atoms with Crippen molar-refractivity contribution in [2.75, 3.05) is 11.4 Å². The van der Waals surface area contributed by atoms with Gasteiger partial charge >= 0.3 is 17.9 Å². The zero-order valence-corrected chi connectivity index (χ0v) is 19.7. The van der Waals surface area contributed by atoms with Gasteiger partial charge in [0.15, 0.2) is 0 Å². The van der Waals surface area contributed by atoms with E-state index in [1.807, 2.05) is 26.8 Å². The van der Waals surface area contributed by atoms with Crippen LogP contribution in [0, 0.1) is 0 Å². The van der Waals surface area contributed by atoms with Crippen molar-refractivity contribution >= 4 is 29.0 Å². The summed E-state index contributed by atoms with van der Waals surface area (Å²) in [6, 6.07) is 8.83. The van der Waals surface area contributed by atoms with Gasteiger partial charge in [-0.2, -0.15) is 4.57 Å². The number of anilines is 1. The lowest BCUT2D eigenvalue weighted by atomic mass is 10.2. The summed E-state index contributed by atoms with van der Waals surface area (Å²) < 4.78 is 13.4. The van der Waals surface area contributed by atoms with Gasteiger partial charge in [-0.25, -0.2) is 19.4 Å². The van der Waals surface area contributed by atoms with Crippen LogP contribution in [0.4, 0.5) is 15.4 Å². The second kappa shape index (κ2) is 7.75. The van der Waals surface area contributed by atoms with Gasteiger partial charge in [0.25, 0.3) is 0 Å². The van der Waals surface area contributed by atoms with Gasteiger partial charge in [0.2, 0.25) is 0 Å². The fraction of sp³-hybridized carbons (Fsp3) is 0.417. The van der Waals surface area contributed by atoms with E-state index in [9.17, 15) is 14.4 Å². The molecule has 0 unspecified atom stereocenters. The standard InChI is InChI=1S/C24H28N4O5/c1-23(2,3)32-21(30)26-12-11-15-13-16(14-25-19(15)26)27-17-9-7-8-10-18(17)28(20(27)29)22(31)33-24(4,5)6/h7-10,13-14H,11-12H2,1-6H3. The van der Waals surface area contributed by atoms with Gasteiger partial charge in [0, 0.05) is 6.54 Å². The van der Waals surface area contributed by atoms with Crippen molar-refractivity contribution in [2.24, 2.45) is 0 Å². The first kappa shape index (κ1) is 22.6. The fourth-order valence-electron chi connectivity index (χ4n) is 3.75. The van der Waals surface area contributed by atoms with Gasteiger partial charge in [-0.05, 0) is 71.7 Å². The van der Waals surface area contributed by atoms with E-state index in [-0.39, 0.29) is 0 Å². The summed E-state index contributed by atoms with van der Waals surface area (Å²) in [6.45, 7) is 11.1. The van der Waals surface area contributed by atoms with Crippen LogP contribution in [0.15, 0.2) is 41.3 Å². The Hall–Kier alpha value is -3.62. The van der Waals surface area contributed by atoms with Crippen LogP contribution in [0.2, 0.25) is 0 Å². The summed E-state index contributed by atoms with van der Waals surface area (Å²) in [5.74, 6) is 0.511. The zero-order valence-electron chi connectivity index (χ0n) is 19.7. The molecular weight excluding hydrogens is 424 g/mol. The zero-order chi connectivity index (χ0) is 24.1. The molecule has 0 aliphatic carbocycles. The van der Waals surface area contributed by atoms with Crippen LogP contribution in [-0.2, 0) is 15.9 Å². The van der Waals surface area contributed by atoms with E-state index >= 15 is 0 Å². The highest BCUT2D eigenvalue weighted by atomic mass is 16.6. The smallest absolute Gasteiger partial charge is 0.423 e. The molecule has 0 bridgehead atoms. The third-order valence-electron chi connectivity index (χ3n) is 4.98. The van der Waals surface area contributed by atoms with Crippen molar-refractivity contribution in [3.05, 3.63) is 52.6 Å². The number of ether oxygens (including phenoxy) is 2. The predicted molar refractivity (Wildman–Crippen MR) is 124 cm³/mol. The topological polar surface area (TPSA) is 95.7 Å². The first-order valence-corrected chi connectivity index (χ1v) is 10.8. The van der Waals surface area contributed by atoms with Gasteiger partial charge < -0.3 is 9.47 Å². The number of carbonyl (C=O) groups is 2. The Morgan fingerprint density at radius 3 is 2.18 bits per heavy atom. The van der Waals surface area contributed by atoms with E-state index in [1.165, 1.54) is 15.7 Å². The van der Waals surface area contributed by atoms with Gasteiger partial charge in [-0.3, -0.25) is 9.47 Å². The number of rotatable bonds is 1. The first-order valence-electron chi connectivity index (χ1n) is 10.8. The molecule has 3 aromatic rings. The number of aromatic nitrogens is 3. The van der Waals surface area contributed by atoms with Crippen LogP contribution in [0.5, 0.6) is 0 Å². The fourth-order valence-corrected chi connectivity index (χ4v) is 3.75. The minimum Gasteiger partial charge on any atom is -0.443 e. The molecule has 0 N–H and O–H groups in total.